The average molecular weight is 262 g/mol. The highest BCUT2D eigenvalue weighted by atomic mass is 79.9. The molecule has 3 nitrogen and oxygen atoms in total. The summed E-state index contributed by atoms with van der Waals surface area (Å²) >= 11 is 9.03. The molecule has 0 aromatic heterocycles. The fraction of sp³-hybridized carbons (Fsp3) is 0. The Kier molecular flexibility index (Phi) is 3.45. The molecule has 0 saturated heterocycles. The number of nitrogens with zero attached hydrogens (tertiary/aromatic N) is 1. The zero-order valence-corrected chi connectivity index (χ0v) is 8.75. The molecule has 0 atom stereocenters. The number of nitro groups is 1. The van der Waals surface area contributed by atoms with Crippen molar-refractivity contribution in [1.29, 1.82) is 0 Å². The van der Waals surface area contributed by atoms with Crippen molar-refractivity contribution in [1.82, 2.24) is 0 Å². The minimum absolute atomic E-state index is 0.487. The molecule has 0 radical (unpaired) electrons. The summed E-state index contributed by atoms with van der Waals surface area (Å²) in [5.74, 6) is 0. The molecule has 5 heteroatoms. The summed E-state index contributed by atoms with van der Waals surface area (Å²) in [4.78, 5) is 9.50. The third kappa shape index (κ3) is 3.16. The van der Waals surface area contributed by atoms with Gasteiger partial charge in [0.2, 0.25) is 6.20 Å². The van der Waals surface area contributed by atoms with Gasteiger partial charge < -0.3 is 0 Å². The summed E-state index contributed by atoms with van der Waals surface area (Å²) in [6.45, 7) is 0. The Bertz CT molecular complexity index is 365. The van der Waals surface area contributed by atoms with Crippen molar-refractivity contribution in [3.63, 3.8) is 0 Å². The molecular formula is C8H5BrClNO2. The van der Waals surface area contributed by atoms with E-state index < -0.39 is 4.92 Å². The van der Waals surface area contributed by atoms with E-state index in [4.69, 9.17) is 11.6 Å². The van der Waals surface area contributed by atoms with Crippen molar-refractivity contribution in [2.45, 2.75) is 0 Å². The van der Waals surface area contributed by atoms with Crippen LogP contribution in [0.5, 0.6) is 0 Å². The van der Waals surface area contributed by atoms with E-state index >= 15 is 0 Å². The molecule has 1 rings (SSSR count). The Balaban J connectivity index is 3.00. The Hall–Kier alpha value is -0.870. The molecule has 0 aliphatic heterocycles. The lowest BCUT2D eigenvalue weighted by Gasteiger charge is -1.96. The summed E-state index contributed by atoms with van der Waals surface area (Å²) in [6, 6.07) is 5.15. The monoisotopic (exact) mass is 261 g/mol. The van der Waals surface area contributed by atoms with Gasteiger partial charge in [-0.3, -0.25) is 10.1 Å². The summed E-state index contributed by atoms with van der Waals surface area (Å²) in [7, 11) is 0. The first-order chi connectivity index (χ1) is 6.09. The molecule has 0 fully saturated rings. The number of hydrogen-bond acceptors (Lipinski definition) is 2. The predicted molar refractivity (Wildman–Crippen MR) is 55.2 cm³/mol. The number of benzene rings is 1. The van der Waals surface area contributed by atoms with E-state index in [1.165, 1.54) is 6.08 Å². The lowest BCUT2D eigenvalue weighted by molar-refractivity contribution is -0.400. The first-order valence-electron chi connectivity index (χ1n) is 3.36. The van der Waals surface area contributed by atoms with Crippen LogP contribution in [0.3, 0.4) is 0 Å². The lowest BCUT2D eigenvalue weighted by atomic mass is 10.2. The maximum Gasteiger partial charge on any atom is 0.235 e. The Morgan fingerprint density at radius 3 is 2.85 bits per heavy atom. The first kappa shape index (κ1) is 10.2. The summed E-state index contributed by atoms with van der Waals surface area (Å²) in [5.41, 5.74) is 0.618. The molecular weight excluding hydrogens is 257 g/mol. The first-order valence-corrected chi connectivity index (χ1v) is 4.53. The van der Waals surface area contributed by atoms with Gasteiger partial charge in [-0.25, -0.2) is 0 Å². The standard InChI is InChI=1S/C8H5BrClNO2/c9-7-1-2-8(10)6(5-7)3-4-11(12)13/h1-5H/b4-3+. The normalized spacial score (nSPS) is 10.6. The fourth-order valence-electron chi connectivity index (χ4n) is 0.783. The maximum absolute atomic E-state index is 10.0. The van der Waals surface area contributed by atoms with Gasteiger partial charge in [0.1, 0.15) is 0 Å². The minimum atomic E-state index is -0.531. The van der Waals surface area contributed by atoms with Crippen LogP contribution in [0, 0.1) is 10.1 Å². The molecule has 0 N–H and O–H groups in total. The van der Waals surface area contributed by atoms with Gasteiger partial charge in [0, 0.05) is 21.1 Å². The topological polar surface area (TPSA) is 43.1 Å². The highest BCUT2D eigenvalue weighted by Gasteiger charge is 1.98. The zero-order chi connectivity index (χ0) is 9.84. The van der Waals surface area contributed by atoms with Crippen LogP contribution in [0.25, 0.3) is 6.08 Å². The van der Waals surface area contributed by atoms with Crippen molar-refractivity contribution in [3.05, 3.63) is 49.6 Å². The second kappa shape index (κ2) is 4.39. The molecule has 0 aliphatic carbocycles. The van der Waals surface area contributed by atoms with Crippen LogP contribution in [0.2, 0.25) is 5.02 Å². The second-order valence-corrected chi connectivity index (χ2v) is 3.59. The SMILES string of the molecule is O=[N+]([O-])/C=C/c1cc(Br)ccc1Cl. The van der Waals surface area contributed by atoms with Crippen molar-refractivity contribution >= 4 is 33.6 Å². The molecule has 0 amide bonds. The van der Waals surface area contributed by atoms with Crippen LogP contribution >= 0.6 is 27.5 Å². The van der Waals surface area contributed by atoms with Crippen molar-refractivity contribution in [2.75, 3.05) is 0 Å². The van der Waals surface area contributed by atoms with Gasteiger partial charge >= 0.3 is 0 Å². The number of rotatable bonds is 2. The van der Waals surface area contributed by atoms with Gasteiger partial charge in [0.05, 0.1) is 4.92 Å². The van der Waals surface area contributed by atoms with E-state index in [1.807, 2.05) is 0 Å². The second-order valence-electron chi connectivity index (χ2n) is 2.27. The molecule has 68 valence electrons. The predicted octanol–water partition coefficient (Wildman–Crippen LogP) is 3.35. The van der Waals surface area contributed by atoms with E-state index in [0.717, 1.165) is 10.7 Å². The van der Waals surface area contributed by atoms with Crippen LogP contribution in [-0.4, -0.2) is 4.92 Å². The van der Waals surface area contributed by atoms with Gasteiger partial charge in [-0.1, -0.05) is 27.5 Å². The molecule has 13 heavy (non-hydrogen) atoms. The molecule has 1 aromatic carbocycles. The molecule has 0 spiro atoms. The Morgan fingerprint density at radius 1 is 1.54 bits per heavy atom. The third-order valence-electron chi connectivity index (χ3n) is 1.33. The smallest absolute Gasteiger partial charge is 0.235 e. The maximum atomic E-state index is 10.0. The van der Waals surface area contributed by atoms with Crippen LogP contribution in [-0.2, 0) is 0 Å². The quantitative estimate of drug-likeness (QED) is 0.606. The molecule has 1 aromatic rings. The van der Waals surface area contributed by atoms with Crippen molar-refractivity contribution < 1.29 is 4.92 Å². The molecule has 0 saturated carbocycles. The van der Waals surface area contributed by atoms with Gasteiger partial charge in [0.25, 0.3) is 0 Å². The van der Waals surface area contributed by atoms with Crippen LogP contribution in [0.4, 0.5) is 0 Å². The fourth-order valence-corrected chi connectivity index (χ4v) is 1.34. The van der Waals surface area contributed by atoms with E-state index in [0.29, 0.717) is 10.6 Å². The van der Waals surface area contributed by atoms with Crippen LogP contribution in [0.15, 0.2) is 28.9 Å². The molecule has 0 heterocycles. The Labute approximate surface area is 88.3 Å². The average Bonchev–Trinajstić information content (AvgIpc) is 2.06. The van der Waals surface area contributed by atoms with Crippen LogP contribution in [0.1, 0.15) is 5.56 Å². The largest absolute Gasteiger partial charge is 0.259 e. The highest BCUT2D eigenvalue weighted by molar-refractivity contribution is 9.10. The molecule has 0 bridgehead atoms. The van der Waals surface area contributed by atoms with E-state index in [2.05, 4.69) is 15.9 Å². The van der Waals surface area contributed by atoms with Crippen LogP contribution < -0.4 is 0 Å². The molecule has 0 aliphatic rings. The summed E-state index contributed by atoms with van der Waals surface area (Å²) in [5, 5.41) is 10.5. The van der Waals surface area contributed by atoms with E-state index in [1.54, 1.807) is 18.2 Å². The van der Waals surface area contributed by atoms with Crippen molar-refractivity contribution in [2.24, 2.45) is 0 Å². The van der Waals surface area contributed by atoms with Gasteiger partial charge in [0.15, 0.2) is 0 Å². The van der Waals surface area contributed by atoms with Gasteiger partial charge in [-0.15, -0.1) is 0 Å². The van der Waals surface area contributed by atoms with Gasteiger partial charge in [-0.2, -0.15) is 0 Å². The highest BCUT2D eigenvalue weighted by Crippen LogP contribution is 2.21. The van der Waals surface area contributed by atoms with E-state index in [9.17, 15) is 10.1 Å². The zero-order valence-electron chi connectivity index (χ0n) is 6.41. The van der Waals surface area contributed by atoms with Crippen molar-refractivity contribution in [3.8, 4) is 0 Å². The summed E-state index contributed by atoms with van der Waals surface area (Å²) in [6.07, 6.45) is 2.21. The third-order valence-corrected chi connectivity index (χ3v) is 2.17. The van der Waals surface area contributed by atoms with E-state index in [-0.39, 0.29) is 0 Å². The number of halogens is 2. The summed E-state index contributed by atoms with van der Waals surface area (Å²) < 4.78 is 0.833. The minimum Gasteiger partial charge on any atom is -0.259 e. The van der Waals surface area contributed by atoms with Gasteiger partial charge in [-0.05, 0) is 18.2 Å². The molecule has 0 unspecified atom stereocenters. The lowest BCUT2D eigenvalue weighted by Crippen LogP contribution is -1.83. The number of hydrogen-bond donors (Lipinski definition) is 0. The Morgan fingerprint density at radius 2 is 2.23 bits per heavy atom.